The number of benzene rings is 1. The average Bonchev–Trinajstić information content (AvgIpc) is 2.38. The summed E-state index contributed by atoms with van der Waals surface area (Å²) in [6.45, 7) is 0.310. The molecular weight excluding hydrogens is 285 g/mol. The summed E-state index contributed by atoms with van der Waals surface area (Å²) in [7, 11) is 0. The van der Waals surface area contributed by atoms with Gasteiger partial charge in [-0.2, -0.15) is 0 Å². The van der Waals surface area contributed by atoms with Crippen molar-refractivity contribution in [1.29, 1.82) is 5.41 Å². The molecule has 0 aliphatic carbocycles. The largest absolute Gasteiger partial charge is 0.487 e. The van der Waals surface area contributed by atoms with Crippen molar-refractivity contribution in [1.82, 2.24) is 4.98 Å². The number of pyridine rings is 1. The van der Waals surface area contributed by atoms with Gasteiger partial charge in [-0.05, 0) is 35.9 Å². The number of rotatable bonds is 4. The van der Waals surface area contributed by atoms with Crippen LogP contribution in [0.5, 0.6) is 5.75 Å². The number of nitrogens with one attached hydrogen (secondary N) is 1. The minimum Gasteiger partial charge on any atom is -0.487 e. The molecule has 98 valence electrons. The highest BCUT2D eigenvalue weighted by Crippen LogP contribution is 2.28. The Hall–Kier alpha value is -1.78. The Bertz CT molecular complexity index is 617. The van der Waals surface area contributed by atoms with Crippen molar-refractivity contribution in [2.24, 2.45) is 5.73 Å². The molecular formula is C13H11Cl2N3O. The van der Waals surface area contributed by atoms with Gasteiger partial charge in [-0.3, -0.25) is 10.4 Å². The molecule has 0 atom stereocenters. The molecule has 1 aromatic heterocycles. The van der Waals surface area contributed by atoms with Gasteiger partial charge < -0.3 is 10.5 Å². The predicted octanol–water partition coefficient (Wildman–Crippen LogP) is 3.25. The first-order valence-electron chi connectivity index (χ1n) is 5.43. The summed E-state index contributed by atoms with van der Waals surface area (Å²) in [5.41, 5.74) is 6.65. The monoisotopic (exact) mass is 295 g/mol. The van der Waals surface area contributed by atoms with E-state index in [0.717, 1.165) is 5.56 Å². The zero-order valence-electron chi connectivity index (χ0n) is 9.86. The lowest BCUT2D eigenvalue weighted by Crippen LogP contribution is -2.13. The first-order valence-corrected chi connectivity index (χ1v) is 6.19. The molecule has 0 saturated carbocycles. The Kier molecular flexibility index (Phi) is 4.24. The lowest BCUT2D eigenvalue weighted by Gasteiger charge is -2.09. The minimum atomic E-state index is -0.0774. The van der Waals surface area contributed by atoms with Crippen LogP contribution in [0, 0.1) is 5.41 Å². The molecule has 1 aromatic carbocycles. The SMILES string of the molecule is N=C(N)c1cc(COc2ccc(Cl)cc2Cl)ccn1. The van der Waals surface area contributed by atoms with Crippen LogP contribution in [0.2, 0.25) is 10.0 Å². The Balaban J connectivity index is 2.10. The smallest absolute Gasteiger partial charge is 0.141 e. The lowest BCUT2D eigenvalue weighted by atomic mass is 10.2. The molecule has 0 amide bonds. The fourth-order valence-electron chi connectivity index (χ4n) is 1.46. The van der Waals surface area contributed by atoms with Gasteiger partial charge in [0, 0.05) is 11.2 Å². The Morgan fingerprint density at radius 3 is 2.74 bits per heavy atom. The van der Waals surface area contributed by atoms with Gasteiger partial charge in [0.1, 0.15) is 23.9 Å². The van der Waals surface area contributed by atoms with Crippen LogP contribution in [0.1, 0.15) is 11.3 Å². The standard InChI is InChI=1S/C13H11Cl2N3O/c14-9-1-2-12(10(15)6-9)19-7-8-3-4-18-11(5-8)13(16)17/h1-6H,7H2,(H3,16,17). The molecule has 4 nitrogen and oxygen atoms in total. The van der Waals surface area contributed by atoms with Crippen LogP contribution in [-0.4, -0.2) is 10.8 Å². The molecule has 1 heterocycles. The number of nitrogens with two attached hydrogens (primary N) is 1. The molecule has 0 spiro atoms. The van der Waals surface area contributed by atoms with Crippen molar-refractivity contribution in [2.75, 3.05) is 0 Å². The summed E-state index contributed by atoms with van der Waals surface area (Å²) in [6.07, 6.45) is 1.58. The van der Waals surface area contributed by atoms with Gasteiger partial charge in [-0.25, -0.2) is 0 Å². The molecule has 0 saturated heterocycles. The first kappa shape index (κ1) is 13.6. The third-order valence-corrected chi connectivity index (χ3v) is 2.92. The van der Waals surface area contributed by atoms with Gasteiger partial charge >= 0.3 is 0 Å². The van der Waals surface area contributed by atoms with E-state index in [2.05, 4.69) is 4.98 Å². The summed E-state index contributed by atoms with van der Waals surface area (Å²) in [6, 6.07) is 8.52. The number of hydrogen-bond donors (Lipinski definition) is 2. The van der Waals surface area contributed by atoms with Crippen LogP contribution >= 0.6 is 23.2 Å². The third kappa shape index (κ3) is 3.59. The zero-order valence-corrected chi connectivity index (χ0v) is 11.4. The number of nitrogen functional groups attached to an aromatic ring is 1. The number of ether oxygens (including phenoxy) is 1. The number of amidine groups is 1. The molecule has 2 rings (SSSR count). The van der Waals surface area contributed by atoms with Gasteiger partial charge in [-0.15, -0.1) is 0 Å². The molecule has 2 aromatic rings. The van der Waals surface area contributed by atoms with Crippen LogP contribution in [0.3, 0.4) is 0 Å². The molecule has 0 aliphatic heterocycles. The molecule has 19 heavy (non-hydrogen) atoms. The summed E-state index contributed by atoms with van der Waals surface area (Å²) < 4.78 is 5.58. The van der Waals surface area contributed by atoms with Gasteiger partial charge in [0.2, 0.25) is 0 Å². The van der Waals surface area contributed by atoms with E-state index in [9.17, 15) is 0 Å². The van der Waals surface area contributed by atoms with E-state index in [1.54, 1.807) is 36.5 Å². The lowest BCUT2D eigenvalue weighted by molar-refractivity contribution is 0.306. The van der Waals surface area contributed by atoms with Crippen molar-refractivity contribution in [3.63, 3.8) is 0 Å². The number of aromatic nitrogens is 1. The second kappa shape index (κ2) is 5.91. The van der Waals surface area contributed by atoms with Crippen LogP contribution in [0.4, 0.5) is 0 Å². The highest BCUT2D eigenvalue weighted by molar-refractivity contribution is 6.35. The molecule has 0 fully saturated rings. The van der Waals surface area contributed by atoms with E-state index < -0.39 is 0 Å². The topological polar surface area (TPSA) is 72.0 Å². The van der Waals surface area contributed by atoms with E-state index in [-0.39, 0.29) is 5.84 Å². The maximum atomic E-state index is 7.32. The highest BCUT2D eigenvalue weighted by Gasteiger charge is 2.04. The first-order chi connectivity index (χ1) is 9.06. The van der Waals surface area contributed by atoms with E-state index in [0.29, 0.717) is 28.1 Å². The molecule has 6 heteroatoms. The van der Waals surface area contributed by atoms with E-state index in [1.807, 2.05) is 0 Å². The van der Waals surface area contributed by atoms with E-state index >= 15 is 0 Å². The van der Waals surface area contributed by atoms with Crippen molar-refractivity contribution < 1.29 is 4.74 Å². The van der Waals surface area contributed by atoms with Crippen LogP contribution < -0.4 is 10.5 Å². The van der Waals surface area contributed by atoms with Gasteiger partial charge in [0.05, 0.1) is 5.02 Å². The van der Waals surface area contributed by atoms with E-state index in [1.165, 1.54) is 0 Å². The third-order valence-electron chi connectivity index (χ3n) is 2.39. The number of hydrogen-bond acceptors (Lipinski definition) is 3. The Morgan fingerprint density at radius 2 is 2.05 bits per heavy atom. The minimum absolute atomic E-state index is 0.0774. The van der Waals surface area contributed by atoms with E-state index in [4.69, 9.17) is 39.1 Å². The van der Waals surface area contributed by atoms with Crippen molar-refractivity contribution in [3.8, 4) is 5.75 Å². The number of halogens is 2. The van der Waals surface area contributed by atoms with Crippen LogP contribution in [-0.2, 0) is 6.61 Å². The normalized spacial score (nSPS) is 10.2. The average molecular weight is 296 g/mol. The fourth-order valence-corrected chi connectivity index (χ4v) is 1.93. The molecule has 0 radical (unpaired) electrons. The number of nitrogens with zero attached hydrogens (tertiary/aromatic N) is 1. The zero-order chi connectivity index (χ0) is 13.8. The maximum Gasteiger partial charge on any atom is 0.141 e. The summed E-state index contributed by atoms with van der Waals surface area (Å²) >= 11 is 11.8. The maximum absolute atomic E-state index is 7.32. The summed E-state index contributed by atoms with van der Waals surface area (Å²) in [5, 5.41) is 8.33. The Morgan fingerprint density at radius 1 is 1.26 bits per heavy atom. The van der Waals surface area contributed by atoms with Crippen molar-refractivity contribution >= 4 is 29.0 Å². The summed E-state index contributed by atoms with van der Waals surface area (Å²) in [5.74, 6) is 0.471. The Labute approximate surface area is 120 Å². The van der Waals surface area contributed by atoms with Crippen LogP contribution in [0.15, 0.2) is 36.5 Å². The molecule has 0 aliphatic rings. The highest BCUT2D eigenvalue weighted by atomic mass is 35.5. The van der Waals surface area contributed by atoms with Crippen molar-refractivity contribution in [2.45, 2.75) is 6.61 Å². The quantitative estimate of drug-likeness (QED) is 0.672. The van der Waals surface area contributed by atoms with Crippen molar-refractivity contribution in [3.05, 3.63) is 57.8 Å². The fraction of sp³-hybridized carbons (Fsp3) is 0.0769. The molecule has 0 unspecified atom stereocenters. The predicted molar refractivity (Wildman–Crippen MR) is 76.0 cm³/mol. The second-order valence-corrected chi connectivity index (χ2v) is 4.67. The molecule has 3 N–H and O–H groups in total. The second-order valence-electron chi connectivity index (χ2n) is 3.83. The molecule has 0 bridgehead atoms. The van der Waals surface area contributed by atoms with Gasteiger partial charge in [0.15, 0.2) is 0 Å². The van der Waals surface area contributed by atoms with Crippen LogP contribution in [0.25, 0.3) is 0 Å². The van der Waals surface area contributed by atoms with Gasteiger partial charge in [-0.1, -0.05) is 23.2 Å². The van der Waals surface area contributed by atoms with Gasteiger partial charge in [0.25, 0.3) is 0 Å². The summed E-state index contributed by atoms with van der Waals surface area (Å²) in [4.78, 5) is 3.97.